The third-order valence-corrected chi connectivity index (χ3v) is 5.01. The molecule has 0 unspecified atom stereocenters. The van der Waals surface area contributed by atoms with Crippen molar-refractivity contribution in [1.82, 2.24) is 14.8 Å². The Morgan fingerprint density at radius 1 is 1.15 bits per heavy atom. The zero-order valence-electron chi connectivity index (χ0n) is 13.8. The first-order valence-corrected chi connectivity index (χ1v) is 9.20. The van der Waals surface area contributed by atoms with Gasteiger partial charge in [-0.1, -0.05) is 46.9 Å². The van der Waals surface area contributed by atoms with Crippen LogP contribution in [0.5, 0.6) is 5.75 Å². The Morgan fingerprint density at radius 3 is 2.56 bits per heavy atom. The molecule has 0 spiro atoms. The average molecular weight is 424 g/mol. The van der Waals surface area contributed by atoms with E-state index in [0.717, 1.165) is 11.1 Å². The van der Waals surface area contributed by atoms with E-state index in [1.807, 2.05) is 12.1 Å². The van der Waals surface area contributed by atoms with Crippen LogP contribution in [0.4, 0.5) is 5.95 Å². The summed E-state index contributed by atoms with van der Waals surface area (Å²) in [6.45, 7) is 0.301. The maximum absolute atomic E-state index is 11.9. The second-order valence-electron chi connectivity index (χ2n) is 6.03. The lowest BCUT2D eigenvalue weighted by atomic mass is 10.0. The Morgan fingerprint density at radius 2 is 1.85 bits per heavy atom. The molecule has 1 aliphatic heterocycles. The zero-order valence-corrected chi connectivity index (χ0v) is 16.1. The van der Waals surface area contributed by atoms with Crippen LogP contribution in [0.1, 0.15) is 23.6 Å². The van der Waals surface area contributed by atoms with Gasteiger partial charge >= 0.3 is 0 Å². The summed E-state index contributed by atoms with van der Waals surface area (Å²) in [5, 5.41) is 8.23. The summed E-state index contributed by atoms with van der Waals surface area (Å²) in [5.41, 5.74) is 1.69. The van der Waals surface area contributed by atoms with Crippen LogP contribution < -0.4 is 10.1 Å². The molecule has 0 saturated carbocycles. The fourth-order valence-corrected chi connectivity index (χ4v) is 3.65. The number of aromatic nitrogens is 3. The van der Waals surface area contributed by atoms with Crippen LogP contribution in [0.25, 0.3) is 0 Å². The van der Waals surface area contributed by atoms with Crippen molar-refractivity contribution >= 4 is 46.7 Å². The molecule has 1 aromatic heterocycles. The Balaban J connectivity index is 1.59. The molecule has 3 aromatic rings. The number of nitrogens with zero attached hydrogens (tertiary/aromatic N) is 3. The highest BCUT2D eigenvalue weighted by atomic mass is 35.5. The molecule has 1 N–H and O–H groups in total. The van der Waals surface area contributed by atoms with Gasteiger partial charge in [0.25, 0.3) is 0 Å². The molecule has 1 amide bonds. The first kappa shape index (κ1) is 18.1. The van der Waals surface area contributed by atoms with Crippen molar-refractivity contribution in [1.29, 1.82) is 0 Å². The largest absolute Gasteiger partial charge is 0.486 e. The molecule has 2 aromatic carbocycles. The van der Waals surface area contributed by atoms with E-state index in [-0.39, 0.29) is 18.4 Å². The second-order valence-corrected chi connectivity index (χ2v) is 7.28. The highest BCUT2D eigenvalue weighted by Crippen LogP contribution is 2.39. The van der Waals surface area contributed by atoms with Gasteiger partial charge in [0, 0.05) is 5.02 Å². The molecule has 0 radical (unpaired) electrons. The molecule has 9 heteroatoms. The molecule has 27 heavy (non-hydrogen) atoms. The molecule has 1 aliphatic rings. The Hall–Kier alpha value is -2.28. The smallest absolute Gasteiger partial charge is 0.229 e. The van der Waals surface area contributed by atoms with Gasteiger partial charge in [0.15, 0.2) is 5.75 Å². The van der Waals surface area contributed by atoms with Crippen LogP contribution in [0, 0.1) is 0 Å². The molecule has 4 rings (SSSR count). The van der Waals surface area contributed by atoms with E-state index in [0.29, 0.717) is 33.4 Å². The number of rotatable bonds is 4. The highest BCUT2D eigenvalue weighted by molar-refractivity contribution is 6.37. The lowest BCUT2D eigenvalue weighted by molar-refractivity contribution is -0.117. The monoisotopic (exact) mass is 422 g/mol. The number of halogens is 3. The molecule has 0 saturated heterocycles. The van der Waals surface area contributed by atoms with Gasteiger partial charge in [0.2, 0.25) is 11.9 Å². The quantitative estimate of drug-likeness (QED) is 0.657. The summed E-state index contributed by atoms with van der Waals surface area (Å²) in [6, 6.07) is 10.4. The fourth-order valence-electron chi connectivity index (χ4n) is 2.91. The molecule has 6 nitrogen and oxygen atoms in total. The SMILES string of the molecule is O=C1C[C@H](c2cc(Cl)c(OCc3ccc(Cl)cc3)c(Cl)c2)n2ncnc2N1. The maximum atomic E-state index is 11.9. The van der Waals surface area contributed by atoms with Crippen LogP contribution in [-0.2, 0) is 11.4 Å². The molecular formula is C18H13Cl3N4O2. The van der Waals surface area contributed by atoms with E-state index in [1.54, 1.807) is 28.9 Å². The third kappa shape index (κ3) is 3.74. The number of carbonyl (C=O) groups is 1. The van der Waals surface area contributed by atoms with Crippen molar-refractivity contribution in [3.8, 4) is 5.75 Å². The maximum Gasteiger partial charge on any atom is 0.229 e. The van der Waals surface area contributed by atoms with Crippen molar-refractivity contribution in [2.24, 2.45) is 0 Å². The van der Waals surface area contributed by atoms with E-state index >= 15 is 0 Å². The van der Waals surface area contributed by atoms with E-state index in [1.165, 1.54) is 6.33 Å². The zero-order chi connectivity index (χ0) is 19.0. The average Bonchev–Trinajstić information content (AvgIpc) is 3.10. The lowest BCUT2D eigenvalue weighted by Crippen LogP contribution is -2.29. The predicted molar refractivity (Wildman–Crippen MR) is 104 cm³/mol. The summed E-state index contributed by atoms with van der Waals surface area (Å²) in [4.78, 5) is 16.0. The normalized spacial score (nSPS) is 16.0. The van der Waals surface area contributed by atoms with Crippen molar-refractivity contribution < 1.29 is 9.53 Å². The molecule has 0 bridgehead atoms. The predicted octanol–water partition coefficient (Wildman–Crippen LogP) is 4.75. The lowest BCUT2D eigenvalue weighted by Gasteiger charge is -2.24. The van der Waals surface area contributed by atoms with Gasteiger partial charge in [-0.15, -0.1) is 0 Å². The van der Waals surface area contributed by atoms with Gasteiger partial charge in [-0.3, -0.25) is 10.1 Å². The summed E-state index contributed by atoms with van der Waals surface area (Å²) in [6.07, 6.45) is 1.61. The third-order valence-electron chi connectivity index (χ3n) is 4.20. The van der Waals surface area contributed by atoms with Crippen molar-refractivity contribution in [3.63, 3.8) is 0 Å². The molecule has 0 aliphatic carbocycles. The van der Waals surface area contributed by atoms with Crippen LogP contribution in [0.15, 0.2) is 42.7 Å². The topological polar surface area (TPSA) is 69.0 Å². The van der Waals surface area contributed by atoms with Crippen molar-refractivity contribution in [2.75, 3.05) is 5.32 Å². The highest BCUT2D eigenvalue weighted by Gasteiger charge is 2.28. The molecule has 0 fully saturated rings. The number of anilines is 1. The molecule has 1 atom stereocenters. The first-order valence-electron chi connectivity index (χ1n) is 8.07. The minimum absolute atomic E-state index is 0.143. The van der Waals surface area contributed by atoms with E-state index in [4.69, 9.17) is 39.5 Å². The van der Waals surface area contributed by atoms with E-state index in [2.05, 4.69) is 15.4 Å². The van der Waals surface area contributed by atoms with Gasteiger partial charge < -0.3 is 4.74 Å². The number of fused-ring (bicyclic) bond motifs is 1. The molecular weight excluding hydrogens is 411 g/mol. The minimum Gasteiger partial charge on any atom is -0.486 e. The van der Waals surface area contributed by atoms with E-state index in [9.17, 15) is 4.79 Å². The molecule has 138 valence electrons. The minimum atomic E-state index is -0.337. The Kier molecular flexibility index (Phi) is 4.95. The van der Waals surface area contributed by atoms with Gasteiger partial charge in [0.05, 0.1) is 22.5 Å². The number of hydrogen-bond donors (Lipinski definition) is 1. The molecule has 2 heterocycles. The van der Waals surface area contributed by atoms with E-state index < -0.39 is 0 Å². The number of nitrogens with one attached hydrogen (secondary N) is 1. The van der Waals surface area contributed by atoms with Crippen molar-refractivity contribution in [2.45, 2.75) is 19.1 Å². The summed E-state index contributed by atoms with van der Waals surface area (Å²) < 4.78 is 7.43. The number of carbonyl (C=O) groups excluding carboxylic acids is 1. The van der Waals surface area contributed by atoms with Crippen LogP contribution in [-0.4, -0.2) is 20.7 Å². The van der Waals surface area contributed by atoms with Gasteiger partial charge in [0.1, 0.15) is 12.9 Å². The summed E-state index contributed by atoms with van der Waals surface area (Å²) >= 11 is 18.7. The number of amides is 1. The van der Waals surface area contributed by atoms with Crippen LogP contribution >= 0.6 is 34.8 Å². The number of hydrogen-bond acceptors (Lipinski definition) is 4. The second kappa shape index (κ2) is 7.38. The van der Waals surface area contributed by atoms with Gasteiger partial charge in [-0.2, -0.15) is 10.1 Å². The summed E-state index contributed by atoms with van der Waals surface area (Å²) in [5.74, 6) is 0.637. The summed E-state index contributed by atoms with van der Waals surface area (Å²) in [7, 11) is 0. The van der Waals surface area contributed by atoms with Gasteiger partial charge in [-0.25, -0.2) is 4.68 Å². The fraction of sp³-hybridized carbons (Fsp3) is 0.167. The van der Waals surface area contributed by atoms with Crippen LogP contribution in [0.2, 0.25) is 15.1 Å². The first-order chi connectivity index (χ1) is 13.0. The number of ether oxygens (including phenoxy) is 1. The van der Waals surface area contributed by atoms with Gasteiger partial charge in [-0.05, 0) is 35.4 Å². The standard InChI is InChI=1S/C18H13Cl3N4O2/c19-12-3-1-10(2-4-12)8-27-17-13(20)5-11(6-14(17)21)15-7-16(26)24-18-22-9-23-25(15)18/h1-6,9,15H,7-8H2,(H,22,23,24,26)/t15-/m1/s1. The van der Waals surface area contributed by atoms with Crippen LogP contribution in [0.3, 0.4) is 0 Å². The Labute approximate surface area is 170 Å². The Bertz CT molecular complexity index is 981. The van der Waals surface area contributed by atoms with Crippen molar-refractivity contribution in [3.05, 3.63) is 68.9 Å². The number of benzene rings is 2.